The summed E-state index contributed by atoms with van der Waals surface area (Å²) in [5.41, 5.74) is 1.19. The van der Waals surface area contributed by atoms with Gasteiger partial charge in [-0.25, -0.2) is 4.98 Å². The van der Waals surface area contributed by atoms with Gasteiger partial charge in [0, 0.05) is 24.9 Å². The van der Waals surface area contributed by atoms with Crippen molar-refractivity contribution in [2.75, 3.05) is 26.1 Å². The SMILES string of the molecule is CCCCCNC(=O)c1ccc(Nc2cc(OC)c(Cl)cc2OC)nc1. The molecule has 0 aliphatic carbocycles. The molecule has 0 radical (unpaired) electrons. The van der Waals surface area contributed by atoms with Crippen LogP contribution in [0.4, 0.5) is 11.5 Å². The van der Waals surface area contributed by atoms with E-state index in [0.29, 0.717) is 40.1 Å². The van der Waals surface area contributed by atoms with Gasteiger partial charge in [-0.1, -0.05) is 31.4 Å². The van der Waals surface area contributed by atoms with Crippen LogP contribution in [0.2, 0.25) is 5.02 Å². The predicted octanol–water partition coefficient (Wildman–Crippen LogP) is 4.42. The lowest BCUT2D eigenvalue weighted by Crippen LogP contribution is -2.24. The van der Waals surface area contributed by atoms with E-state index in [1.54, 1.807) is 38.5 Å². The summed E-state index contributed by atoms with van der Waals surface area (Å²) in [4.78, 5) is 16.4. The van der Waals surface area contributed by atoms with Crippen molar-refractivity contribution in [3.05, 3.63) is 41.0 Å². The quantitative estimate of drug-likeness (QED) is 0.633. The fourth-order valence-corrected chi connectivity index (χ4v) is 2.61. The summed E-state index contributed by atoms with van der Waals surface area (Å²) >= 11 is 6.11. The van der Waals surface area contributed by atoms with Crippen molar-refractivity contribution < 1.29 is 14.3 Å². The van der Waals surface area contributed by atoms with Gasteiger partial charge in [-0.2, -0.15) is 0 Å². The number of carbonyl (C=O) groups excluding carboxylic acids is 1. The zero-order valence-electron chi connectivity index (χ0n) is 15.3. The zero-order valence-corrected chi connectivity index (χ0v) is 16.0. The molecule has 0 fully saturated rings. The number of halogens is 1. The second-order valence-corrected chi connectivity index (χ2v) is 6.11. The Kier molecular flexibility index (Phi) is 7.53. The third-order valence-electron chi connectivity index (χ3n) is 3.83. The molecule has 0 saturated carbocycles. The van der Waals surface area contributed by atoms with Crippen LogP contribution in [0.5, 0.6) is 11.5 Å². The van der Waals surface area contributed by atoms with Crippen LogP contribution in [0, 0.1) is 0 Å². The summed E-state index contributed by atoms with van der Waals surface area (Å²) < 4.78 is 10.6. The number of amides is 1. The molecule has 0 atom stereocenters. The number of aromatic nitrogens is 1. The largest absolute Gasteiger partial charge is 0.495 e. The molecule has 6 nitrogen and oxygen atoms in total. The van der Waals surface area contributed by atoms with Gasteiger partial charge in [0.2, 0.25) is 0 Å². The first-order chi connectivity index (χ1) is 12.6. The third-order valence-corrected chi connectivity index (χ3v) is 4.12. The maximum Gasteiger partial charge on any atom is 0.252 e. The Morgan fingerprint density at radius 1 is 1.15 bits per heavy atom. The van der Waals surface area contributed by atoms with Crippen LogP contribution in [0.3, 0.4) is 0 Å². The minimum absolute atomic E-state index is 0.120. The Bertz CT molecular complexity index is 736. The number of hydrogen-bond donors (Lipinski definition) is 2. The van der Waals surface area contributed by atoms with Crippen LogP contribution in [-0.2, 0) is 0 Å². The number of hydrogen-bond acceptors (Lipinski definition) is 5. The second-order valence-electron chi connectivity index (χ2n) is 5.71. The standard InChI is InChI=1S/C19H24ClN3O3/c1-4-5-6-9-21-19(24)13-7-8-18(22-12-13)23-15-11-16(25-2)14(20)10-17(15)26-3/h7-8,10-12H,4-6,9H2,1-3H3,(H,21,24)(H,22,23). The van der Waals surface area contributed by atoms with Crippen LogP contribution >= 0.6 is 11.6 Å². The van der Waals surface area contributed by atoms with Crippen molar-refractivity contribution in [1.29, 1.82) is 0 Å². The number of anilines is 2. The van der Waals surface area contributed by atoms with E-state index in [2.05, 4.69) is 22.5 Å². The molecule has 7 heteroatoms. The molecule has 1 aromatic carbocycles. The molecule has 2 aromatic rings. The van der Waals surface area contributed by atoms with E-state index in [1.807, 2.05) is 0 Å². The van der Waals surface area contributed by atoms with E-state index in [9.17, 15) is 4.79 Å². The van der Waals surface area contributed by atoms with E-state index in [-0.39, 0.29) is 5.91 Å². The first kappa shape index (κ1) is 19.8. The number of pyridine rings is 1. The van der Waals surface area contributed by atoms with E-state index in [1.165, 1.54) is 6.20 Å². The number of nitrogens with one attached hydrogen (secondary N) is 2. The molecular weight excluding hydrogens is 354 g/mol. The molecule has 2 rings (SSSR count). The molecule has 2 N–H and O–H groups in total. The van der Waals surface area contributed by atoms with Crippen molar-refractivity contribution in [3.63, 3.8) is 0 Å². The summed E-state index contributed by atoms with van der Waals surface area (Å²) in [6.45, 7) is 2.80. The Morgan fingerprint density at radius 3 is 2.54 bits per heavy atom. The van der Waals surface area contributed by atoms with Crippen LogP contribution in [-0.4, -0.2) is 31.7 Å². The predicted molar refractivity (Wildman–Crippen MR) is 104 cm³/mol. The maximum absolute atomic E-state index is 12.1. The fourth-order valence-electron chi connectivity index (χ4n) is 2.38. The Hall–Kier alpha value is -2.47. The number of benzene rings is 1. The first-order valence-electron chi connectivity index (χ1n) is 8.51. The molecule has 140 valence electrons. The summed E-state index contributed by atoms with van der Waals surface area (Å²) in [5, 5.41) is 6.49. The monoisotopic (exact) mass is 377 g/mol. The lowest BCUT2D eigenvalue weighted by Gasteiger charge is -2.13. The van der Waals surface area contributed by atoms with Gasteiger partial charge in [0.25, 0.3) is 5.91 Å². The van der Waals surface area contributed by atoms with Gasteiger partial charge < -0.3 is 20.1 Å². The van der Waals surface area contributed by atoms with Crippen LogP contribution in [0.25, 0.3) is 0 Å². The van der Waals surface area contributed by atoms with Gasteiger partial charge in [-0.3, -0.25) is 4.79 Å². The molecule has 0 aliphatic rings. The fraction of sp³-hybridized carbons (Fsp3) is 0.368. The molecule has 0 aliphatic heterocycles. The van der Waals surface area contributed by atoms with Gasteiger partial charge in [0.15, 0.2) is 0 Å². The lowest BCUT2D eigenvalue weighted by atomic mass is 10.2. The Morgan fingerprint density at radius 2 is 1.92 bits per heavy atom. The van der Waals surface area contributed by atoms with E-state index >= 15 is 0 Å². The van der Waals surface area contributed by atoms with Crippen molar-refractivity contribution in [2.24, 2.45) is 0 Å². The molecular formula is C19H24ClN3O3. The van der Waals surface area contributed by atoms with Crippen molar-refractivity contribution >= 4 is 29.0 Å². The van der Waals surface area contributed by atoms with Crippen LogP contribution in [0.15, 0.2) is 30.5 Å². The van der Waals surface area contributed by atoms with E-state index in [4.69, 9.17) is 21.1 Å². The Balaban J connectivity index is 2.06. The average Bonchev–Trinajstić information content (AvgIpc) is 2.66. The topological polar surface area (TPSA) is 72.5 Å². The summed E-state index contributed by atoms with van der Waals surface area (Å²) in [7, 11) is 3.10. The van der Waals surface area contributed by atoms with E-state index < -0.39 is 0 Å². The van der Waals surface area contributed by atoms with Gasteiger partial charge in [0.1, 0.15) is 17.3 Å². The molecule has 1 aromatic heterocycles. The molecule has 0 bridgehead atoms. The van der Waals surface area contributed by atoms with Gasteiger partial charge in [0.05, 0.1) is 30.5 Å². The molecule has 26 heavy (non-hydrogen) atoms. The number of nitrogens with zero attached hydrogens (tertiary/aromatic N) is 1. The second kappa shape index (κ2) is 9.87. The average molecular weight is 378 g/mol. The highest BCUT2D eigenvalue weighted by Crippen LogP contribution is 2.37. The van der Waals surface area contributed by atoms with Crippen LogP contribution in [0.1, 0.15) is 36.5 Å². The summed E-state index contributed by atoms with van der Waals surface area (Å²) in [6, 6.07) is 6.86. The van der Waals surface area contributed by atoms with E-state index in [0.717, 1.165) is 19.3 Å². The highest BCUT2D eigenvalue weighted by atomic mass is 35.5. The number of methoxy groups -OCH3 is 2. The maximum atomic E-state index is 12.1. The van der Waals surface area contributed by atoms with Crippen molar-refractivity contribution in [3.8, 4) is 11.5 Å². The first-order valence-corrected chi connectivity index (χ1v) is 8.89. The highest BCUT2D eigenvalue weighted by Gasteiger charge is 2.11. The number of ether oxygens (including phenoxy) is 2. The minimum atomic E-state index is -0.120. The van der Waals surface area contributed by atoms with Crippen LogP contribution < -0.4 is 20.1 Å². The smallest absolute Gasteiger partial charge is 0.252 e. The van der Waals surface area contributed by atoms with Gasteiger partial charge >= 0.3 is 0 Å². The summed E-state index contributed by atoms with van der Waals surface area (Å²) in [6.07, 6.45) is 4.75. The molecule has 0 saturated heterocycles. The number of carbonyl (C=O) groups is 1. The molecule has 0 unspecified atom stereocenters. The normalized spacial score (nSPS) is 10.3. The lowest BCUT2D eigenvalue weighted by molar-refractivity contribution is 0.0952. The third kappa shape index (κ3) is 5.26. The highest BCUT2D eigenvalue weighted by molar-refractivity contribution is 6.32. The molecule has 0 spiro atoms. The molecule has 1 heterocycles. The number of unbranched alkanes of at least 4 members (excludes halogenated alkanes) is 2. The van der Waals surface area contributed by atoms with Gasteiger partial charge in [-0.05, 0) is 18.6 Å². The Labute approximate surface area is 158 Å². The van der Waals surface area contributed by atoms with Gasteiger partial charge in [-0.15, -0.1) is 0 Å². The van der Waals surface area contributed by atoms with Crippen molar-refractivity contribution in [2.45, 2.75) is 26.2 Å². The number of rotatable bonds is 9. The molecule has 1 amide bonds. The summed E-state index contributed by atoms with van der Waals surface area (Å²) in [5.74, 6) is 1.55. The zero-order chi connectivity index (χ0) is 18.9. The van der Waals surface area contributed by atoms with Crippen molar-refractivity contribution in [1.82, 2.24) is 10.3 Å². The minimum Gasteiger partial charge on any atom is -0.495 e.